The largest absolute Gasteiger partial charge is 0.481 e. The summed E-state index contributed by atoms with van der Waals surface area (Å²) in [5.74, 6) is -5.76. The number of primary amides is 1. The number of nitrogens with two attached hydrogens (primary N) is 2. The van der Waals surface area contributed by atoms with Gasteiger partial charge in [0.2, 0.25) is 17.7 Å². The molecule has 0 saturated carbocycles. The Morgan fingerprint density at radius 3 is 1.82 bits per heavy atom. The predicted octanol–water partition coefficient (Wildman–Crippen LogP) is -3.26. The maximum absolute atomic E-state index is 11.9. The van der Waals surface area contributed by atoms with Crippen molar-refractivity contribution in [3.8, 4) is 0 Å². The zero-order chi connectivity index (χ0) is 17.4. The summed E-state index contributed by atoms with van der Waals surface area (Å²) in [6.07, 6.45) is -1.46. The molecule has 0 rings (SSSR count). The normalized spacial score (nSPS) is 14.3. The van der Waals surface area contributed by atoms with Crippen LogP contribution >= 0.6 is 0 Å². The minimum atomic E-state index is -1.72. The minimum Gasteiger partial charge on any atom is -0.481 e. The van der Waals surface area contributed by atoms with Gasteiger partial charge in [0.05, 0.1) is 18.9 Å². The number of carbonyl (C=O) groups is 5. The molecule has 3 atom stereocenters. The average molecular weight is 318 g/mol. The van der Waals surface area contributed by atoms with E-state index in [1.807, 2.05) is 5.32 Å². The molecule has 8 N–H and O–H groups in total. The molecular formula is C11H18N4O7. The Bertz CT molecular complexity index is 477. The van der Waals surface area contributed by atoms with E-state index in [-0.39, 0.29) is 0 Å². The molecule has 0 saturated heterocycles. The van der Waals surface area contributed by atoms with Crippen molar-refractivity contribution in [1.29, 1.82) is 0 Å². The lowest BCUT2D eigenvalue weighted by Crippen LogP contribution is -2.55. The Morgan fingerprint density at radius 1 is 0.955 bits per heavy atom. The predicted molar refractivity (Wildman–Crippen MR) is 71.2 cm³/mol. The molecule has 0 spiro atoms. The summed E-state index contributed by atoms with van der Waals surface area (Å²) in [6, 6.07) is -4.14. The number of carboxylic acid groups (broad SMARTS) is 2. The van der Waals surface area contributed by atoms with E-state index in [1.54, 1.807) is 0 Å². The first-order valence-electron chi connectivity index (χ1n) is 6.13. The van der Waals surface area contributed by atoms with E-state index < -0.39 is 60.6 Å². The van der Waals surface area contributed by atoms with Gasteiger partial charge in [-0.2, -0.15) is 0 Å². The third-order valence-electron chi connectivity index (χ3n) is 2.45. The summed E-state index contributed by atoms with van der Waals surface area (Å²) < 4.78 is 0. The van der Waals surface area contributed by atoms with Crippen molar-refractivity contribution < 1.29 is 34.2 Å². The summed E-state index contributed by atoms with van der Waals surface area (Å²) in [5.41, 5.74) is 10.2. The zero-order valence-electron chi connectivity index (χ0n) is 11.7. The van der Waals surface area contributed by atoms with E-state index >= 15 is 0 Å². The number of hydrogen-bond donors (Lipinski definition) is 6. The Labute approximate surface area is 125 Å². The van der Waals surface area contributed by atoms with Crippen molar-refractivity contribution >= 4 is 29.7 Å². The molecule has 0 aromatic rings. The highest BCUT2D eigenvalue weighted by Crippen LogP contribution is 1.98. The Balaban J connectivity index is 5.00. The molecule has 0 bridgehead atoms. The molecule has 0 radical (unpaired) electrons. The third-order valence-corrected chi connectivity index (χ3v) is 2.45. The van der Waals surface area contributed by atoms with Crippen molar-refractivity contribution in [1.82, 2.24) is 10.6 Å². The Hall–Kier alpha value is -2.69. The van der Waals surface area contributed by atoms with Crippen LogP contribution < -0.4 is 22.1 Å². The van der Waals surface area contributed by atoms with Crippen LogP contribution in [0.5, 0.6) is 0 Å². The lowest BCUT2D eigenvalue weighted by molar-refractivity contribution is -0.147. The number of carbonyl (C=O) groups excluding carboxylic acids is 3. The van der Waals surface area contributed by atoms with Gasteiger partial charge >= 0.3 is 11.9 Å². The van der Waals surface area contributed by atoms with E-state index in [0.29, 0.717) is 0 Å². The van der Waals surface area contributed by atoms with Crippen LogP contribution in [-0.4, -0.2) is 58.0 Å². The van der Waals surface area contributed by atoms with Gasteiger partial charge in [0.25, 0.3) is 0 Å². The fourth-order valence-corrected chi connectivity index (χ4v) is 1.36. The molecule has 0 aliphatic heterocycles. The SMILES string of the molecule is C[C@H](N)C(=O)N[C@@H](CC(N)=O)C(=O)N[C@@H](CC(=O)O)C(=O)O. The second-order valence-corrected chi connectivity index (χ2v) is 4.52. The fraction of sp³-hybridized carbons (Fsp3) is 0.545. The minimum absolute atomic E-state index is 0.594. The number of hydrogen-bond acceptors (Lipinski definition) is 6. The van der Waals surface area contributed by atoms with Crippen LogP contribution in [0.4, 0.5) is 0 Å². The topological polar surface area (TPSA) is 202 Å². The molecule has 0 aromatic carbocycles. The highest BCUT2D eigenvalue weighted by Gasteiger charge is 2.29. The highest BCUT2D eigenvalue weighted by atomic mass is 16.4. The van der Waals surface area contributed by atoms with Crippen LogP contribution in [0.2, 0.25) is 0 Å². The molecule has 3 amide bonds. The zero-order valence-corrected chi connectivity index (χ0v) is 11.7. The molecule has 0 aromatic heterocycles. The fourth-order valence-electron chi connectivity index (χ4n) is 1.36. The van der Waals surface area contributed by atoms with Crippen molar-refractivity contribution in [2.75, 3.05) is 0 Å². The van der Waals surface area contributed by atoms with Gasteiger partial charge in [0, 0.05) is 0 Å². The summed E-state index contributed by atoms with van der Waals surface area (Å²) in [6.45, 7) is 1.33. The number of carboxylic acids is 2. The van der Waals surface area contributed by atoms with Gasteiger partial charge in [0.15, 0.2) is 0 Å². The Kier molecular flexibility index (Phi) is 7.52. The van der Waals surface area contributed by atoms with Gasteiger partial charge < -0.3 is 32.3 Å². The molecular weight excluding hydrogens is 300 g/mol. The van der Waals surface area contributed by atoms with Gasteiger partial charge in [-0.1, -0.05) is 0 Å². The molecule has 0 aliphatic rings. The first-order chi connectivity index (χ1) is 10.0. The van der Waals surface area contributed by atoms with Gasteiger partial charge in [0.1, 0.15) is 12.1 Å². The molecule has 22 heavy (non-hydrogen) atoms. The molecule has 0 heterocycles. The Morgan fingerprint density at radius 2 is 1.45 bits per heavy atom. The number of nitrogens with one attached hydrogen (secondary N) is 2. The van der Waals surface area contributed by atoms with Crippen LogP contribution in [-0.2, 0) is 24.0 Å². The van der Waals surface area contributed by atoms with Gasteiger partial charge in [-0.3, -0.25) is 19.2 Å². The van der Waals surface area contributed by atoms with E-state index in [2.05, 4.69) is 5.32 Å². The van der Waals surface area contributed by atoms with Crippen LogP contribution in [0.3, 0.4) is 0 Å². The van der Waals surface area contributed by atoms with E-state index in [1.165, 1.54) is 6.92 Å². The van der Waals surface area contributed by atoms with Gasteiger partial charge in [-0.05, 0) is 6.92 Å². The average Bonchev–Trinajstić information content (AvgIpc) is 2.35. The summed E-state index contributed by atoms with van der Waals surface area (Å²) in [4.78, 5) is 55.7. The molecule has 11 nitrogen and oxygen atoms in total. The molecule has 0 aliphatic carbocycles. The van der Waals surface area contributed by atoms with Crippen LogP contribution in [0.1, 0.15) is 19.8 Å². The van der Waals surface area contributed by atoms with Crippen molar-refractivity contribution in [2.45, 2.75) is 37.9 Å². The summed E-state index contributed by atoms with van der Waals surface area (Å²) in [7, 11) is 0. The maximum Gasteiger partial charge on any atom is 0.326 e. The number of aliphatic carboxylic acids is 2. The van der Waals surface area contributed by atoms with E-state index in [0.717, 1.165) is 0 Å². The smallest absolute Gasteiger partial charge is 0.326 e. The first kappa shape index (κ1) is 19.3. The first-order valence-corrected chi connectivity index (χ1v) is 6.13. The highest BCUT2D eigenvalue weighted by molar-refractivity contribution is 5.95. The quantitative estimate of drug-likeness (QED) is 0.254. The van der Waals surface area contributed by atoms with Gasteiger partial charge in [-0.15, -0.1) is 0 Å². The third kappa shape index (κ3) is 7.19. The van der Waals surface area contributed by atoms with Crippen LogP contribution in [0, 0.1) is 0 Å². The second-order valence-electron chi connectivity index (χ2n) is 4.52. The molecule has 0 fully saturated rings. The molecule has 0 unspecified atom stereocenters. The van der Waals surface area contributed by atoms with E-state index in [9.17, 15) is 24.0 Å². The van der Waals surface area contributed by atoms with Gasteiger partial charge in [-0.25, -0.2) is 4.79 Å². The van der Waals surface area contributed by atoms with Crippen LogP contribution in [0.25, 0.3) is 0 Å². The summed E-state index contributed by atoms with van der Waals surface area (Å²) in [5, 5.41) is 21.4. The van der Waals surface area contributed by atoms with Crippen LogP contribution in [0.15, 0.2) is 0 Å². The lowest BCUT2D eigenvalue weighted by Gasteiger charge is -2.20. The standard InChI is InChI=1S/C11H18N4O7/c1-4(12)9(19)14-5(2-7(13)16)10(20)15-6(11(21)22)3-8(17)18/h4-6H,2-3,12H2,1H3,(H2,13,16)(H,14,19)(H,15,20)(H,17,18)(H,21,22)/t4-,5-,6-/m0/s1. The molecule has 11 heteroatoms. The monoisotopic (exact) mass is 318 g/mol. The van der Waals surface area contributed by atoms with Crippen molar-refractivity contribution in [2.24, 2.45) is 11.5 Å². The lowest BCUT2D eigenvalue weighted by atomic mass is 10.1. The summed E-state index contributed by atoms with van der Waals surface area (Å²) >= 11 is 0. The second kappa shape index (κ2) is 8.56. The van der Waals surface area contributed by atoms with Crippen molar-refractivity contribution in [3.05, 3.63) is 0 Å². The van der Waals surface area contributed by atoms with E-state index in [4.69, 9.17) is 21.7 Å². The number of amides is 3. The molecule has 124 valence electrons. The maximum atomic E-state index is 11.9. The van der Waals surface area contributed by atoms with Crippen molar-refractivity contribution in [3.63, 3.8) is 0 Å². The number of rotatable bonds is 9.